The molecule has 0 aliphatic heterocycles. The van der Waals surface area contributed by atoms with Crippen molar-refractivity contribution in [3.63, 3.8) is 0 Å². The molecular formula is C51H32N4O. The highest BCUT2D eigenvalue weighted by atomic mass is 16.3. The van der Waals surface area contributed by atoms with Crippen LogP contribution in [0.1, 0.15) is 0 Å². The van der Waals surface area contributed by atoms with Crippen LogP contribution in [0.15, 0.2) is 199 Å². The first-order valence-corrected chi connectivity index (χ1v) is 18.8. The molecule has 56 heavy (non-hydrogen) atoms. The van der Waals surface area contributed by atoms with Crippen LogP contribution in [-0.2, 0) is 0 Å². The third-order valence-electron chi connectivity index (χ3n) is 10.7. The van der Waals surface area contributed by atoms with Crippen LogP contribution in [0.3, 0.4) is 0 Å². The van der Waals surface area contributed by atoms with E-state index in [2.05, 4.69) is 126 Å². The molecule has 0 saturated carbocycles. The third kappa shape index (κ3) is 5.29. The van der Waals surface area contributed by atoms with E-state index in [1.165, 1.54) is 21.9 Å². The first-order chi connectivity index (χ1) is 27.8. The first kappa shape index (κ1) is 31.9. The smallest absolute Gasteiger partial charge is 0.164 e. The minimum Gasteiger partial charge on any atom is -0.456 e. The largest absolute Gasteiger partial charge is 0.456 e. The Morgan fingerprint density at radius 3 is 1.46 bits per heavy atom. The average Bonchev–Trinajstić information content (AvgIpc) is 3.83. The highest BCUT2D eigenvalue weighted by Crippen LogP contribution is 2.44. The standard InChI is InChI=1S/C51H32N4O/c1-4-15-33(16-5-1)39-24-13-26-43-47(39)48-40(25-14-27-44(48)55(43)38-29-30-46-42(32-38)41-23-10-11-28-45(41)56-46)36-21-12-22-37(31-36)51-53-49(34-17-6-2-7-18-34)52-50(54-51)35-19-8-3-9-20-35/h1-32H. The topological polar surface area (TPSA) is 56.7 Å². The van der Waals surface area contributed by atoms with Crippen molar-refractivity contribution in [3.8, 4) is 62.1 Å². The summed E-state index contributed by atoms with van der Waals surface area (Å²) in [5, 5.41) is 4.58. The molecule has 3 aromatic heterocycles. The Labute approximate surface area is 322 Å². The Morgan fingerprint density at radius 2 is 0.821 bits per heavy atom. The summed E-state index contributed by atoms with van der Waals surface area (Å²) in [4.78, 5) is 15.0. The van der Waals surface area contributed by atoms with Crippen molar-refractivity contribution in [2.75, 3.05) is 0 Å². The van der Waals surface area contributed by atoms with Gasteiger partial charge in [0, 0.05) is 43.9 Å². The minimum atomic E-state index is 0.625. The second-order valence-electron chi connectivity index (χ2n) is 14.0. The second-order valence-corrected chi connectivity index (χ2v) is 14.0. The molecular weight excluding hydrogens is 685 g/mol. The summed E-state index contributed by atoms with van der Waals surface area (Å²) in [6.45, 7) is 0. The van der Waals surface area contributed by atoms with Crippen LogP contribution in [0.5, 0.6) is 0 Å². The summed E-state index contributed by atoms with van der Waals surface area (Å²) in [6.07, 6.45) is 0. The van der Waals surface area contributed by atoms with Gasteiger partial charge in [0.2, 0.25) is 0 Å². The van der Waals surface area contributed by atoms with Crippen molar-refractivity contribution >= 4 is 43.7 Å². The maximum Gasteiger partial charge on any atom is 0.164 e. The van der Waals surface area contributed by atoms with Crippen LogP contribution in [0.25, 0.3) is 106 Å². The normalized spacial score (nSPS) is 11.6. The van der Waals surface area contributed by atoms with Crippen molar-refractivity contribution in [2.24, 2.45) is 0 Å². The van der Waals surface area contributed by atoms with E-state index in [9.17, 15) is 0 Å². The molecule has 11 rings (SSSR count). The predicted molar refractivity (Wildman–Crippen MR) is 229 cm³/mol. The van der Waals surface area contributed by atoms with Crippen molar-refractivity contribution in [1.29, 1.82) is 0 Å². The van der Waals surface area contributed by atoms with Crippen molar-refractivity contribution in [1.82, 2.24) is 19.5 Å². The van der Waals surface area contributed by atoms with Crippen LogP contribution >= 0.6 is 0 Å². The van der Waals surface area contributed by atoms with Gasteiger partial charge in [-0.1, -0.05) is 152 Å². The lowest BCUT2D eigenvalue weighted by Gasteiger charge is -2.11. The molecule has 5 nitrogen and oxygen atoms in total. The van der Waals surface area contributed by atoms with Crippen LogP contribution in [0, 0.1) is 0 Å². The van der Waals surface area contributed by atoms with E-state index >= 15 is 0 Å². The zero-order chi connectivity index (χ0) is 37.0. The highest BCUT2D eigenvalue weighted by Gasteiger charge is 2.21. The minimum absolute atomic E-state index is 0.625. The van der Waals surface area contributed by atoms with E-state index in [1.807, 2.05) is 72.8 Å². The van der Waals surface area contributed by atoms with Gasteiger partial charge in [-0.3, -0.25) is 0 Å². The monoisotopic (exact) mass is 716 g/mol. The quantitative estimate of drug-likeness (QED) is 0.172. The molecule has 3 heterocycles. The number of benzene rings is 8. The highest BCUT2D eigenvalue weighted by molar-refractivity contribution is 6.21. The number of aromatic nitrogens is 4. The molecule has 0 N–H and O–H groups in total. The van der Waals surface area contributed by atoms with Gasteiger partial charge in [0.1, 0.15) is 11.2 Å². The van der Waals surface area contributed by atoms with Gasteiger partial charge in [0.15, 0.2) is 17.5 Å². The fourth-order valence-corrected chi connectivity index (χ4v) is 8.10. The van der Waals surface area contributed by atoms with E-state index in [0.29, 0.717) is 17.5 Å². The molecule has 0 radical (unpaired) electrons. The van der Waals surface area contributed by atoms with Crippen molar-refractivity contribution in [2.45, 2.75) is 0 Å². The fraction of sp³-hybridized carbons (Fsp3) is 0. The molecule has 5 heteroatoms. The number of hydrogen-bond acceptors (Lipinski definition) is 4. The Morgan fingerprint density at radius 1 is 0.339 bits per heavy atom. The summed E-state index contributed by atoms with van der Waals surface area (Å²) >= 11 is 0. The summed E-state index contributed by atoms with van der Waals surface area (Å²) in [5.74, 6) is 1.90. The van der Waals surface area contributed by atoms with Gasteiger partial charge in [-0.25, -0.2) is 15.0 Å². The second kappa shape index (κ2) is 13.0. The van der Waals surface area contributed by atoms with Crippen molar-refractivity contribution in [3.05, 3.63) is 194 Å². The molecule has 0 bridgehead atoms. The molecule has 0 aliphatic carbocycles. The molecule has 0 fully saturated rings. The molecule has 0 aliphatic rings. The Bertz CT molecular complexity index is 3180. The molecule has 0 spiro atoms. The Balaban J connectivity index is 1.15. The number of fused-ring (bicyclic) bond motifs is 6. The Hall–Kier alpha value is -7.63. The fourth-order valence-electron chi connectivity index (χ4n) is 8.10. The molecule has 262 valence electrons. The number of rotatable bonds is 6. The summed E-state index contributed by atoms with van der Waals surface area (Å²) in [6, 6.07) is 67.5. The molecule has 8 aromatic carbocycles. The first-order valence-electron chi connectivity index (χ1n) is 18.8. The summed E-state index contributed by atoms with van der Waals surface area (Å²) in [5.41, 5.74) is 12.5. The zero-order valence-electron chi connectivity index (χ0n) is 30.2. The van der Waals surface area contributed by atoms with Gasteiger partial charge in [-0.2, -0.15) is 0 Å². The van der Waals surface area contributed by atoms with E-state index in [4.69, 9.17) is 19.4 Å². The molecule has 0 amide bonds. The summed E-state index contributed by atoms with van der Waals surface area (Å²) in [7, 11) is 0. The molecule has 0 unspecified atom stereocenters. The zero-order valence-corrected chi connectivity index (χ0v) is 30.2. The maximum atomic E-state index is 6.24. The number of furan rings is 1. The summed E-state index contributed by atoms with van der Waals surface area (Å²) < 4.78 is 8.64. The van der Waals surface area contributed by atoms with Gasteiger partial charge < -0.3 is 8.98 Å². The van der Waals surface area contributed by atoms with Gasteiger partial charge in [-0.05, 0) is 64.7 Å². The van der Waals surface area contributed by atoms with Gasteiger partial charge in [0.05, 0.1) is 11.0 Å². The number of hydrogen-bond donors (Lipinski definition) is 0. The maximum absolute atomic E-state index is 6.24. The molecule has 11 aromatic rings. The van der Waals surface area contributed by atoms with Crippen LogP contribution in [0.2, 0.25) is 0 Å². The van der Waals surface area contributed by atoms with Crippen LogP contribution in [-0.4, -0.2) is 19.5 Å². The number of para-hydroxylation sites is 1. The lowest BCUT2D eigenvalue weighted by atomic mass is 9.94. The van der Waals surface area contributed by atoms with Crippen LogP contribution < -0.4 is 0 Å². The van der Waals surface area contributed by atoms with Gasteiger partial charge in [-0.15, -0.1) is 0 Å². The van der Waals surface area contributed by atoms with E-state index < -0.39 is 0 Å². The lowest BCUT2D eigenvalue weighted by Crippen LogP contribution is -2.00. The van der Waals surface area contributed by atoms with E-state index in [0.717, 1.165) is 66.5 Å². The molecule has 0 atom stereocenters. The van der Waals surface area contributed by atoms with Gasteiger partial charge in [0.25, 0.3) is 0 Å². The Kier molecular flexibility index (Phi) is 7.42. The van der Waals surface area contributed by atoms with E-state index in [1.54, 1.807) is 0 Å². The van der Waals surface area contributed by atoms with Gasteiger partial charge >= 0.3 is 0 Å². The van der Waals surface area contributed by atoms with Crippen LogP contribution in [0.4, 0.5) is 0 Å². The van der Waals surface area contributed by atoms with E-state index in [-0.39, 0.29) is 0 Å². The van der Waals surface area contributed by atoms with Crippen molar-refractivity contribution < 1.29 is 4.42 Å². The average molecular weight is 717 g/mol. The SMILES string of the molecule is c1ccc(-c2nc(-c3ccccc3)nc(-c3cccc(-c4cccc5c4c4c(-c6ccccc6)cccc4n5-c4ccc5oc6ccccc6c5c4)c3)n2)cc1. The molecule has 0 saturated heterocycles. The third-order valence-corrected chi connectivity index (χ3v) is 10.7. The predicted octanol–water partition coefficient (Wildman–Crippen LogP) is 13.2. The number of nitrogens with zero attached hydrogens (tertiary/aromatic N) is 4. The lowest BCUT2D eigenvalue weighted by molar-refractivity contribution is 0.669.